The van der Waals surface area contributed by atoms with Gasteiger partial charge in [-0.2, -0.15) is 0 Å². The van der Waals surface area contributed by atoms with E-state index in [0.717, 1.165) is 31.7 Å². The van der Waals surface area contributed by atoms with Crippen molar-refractivity contribution < 1.29 is 18.1 Å². The molecule has 0 radical (unpaired) electrons. The number of hydrogen-bond donors (Lipinski definition) is 0. The van der Waals surface area contributed by atoms with Gasteiger partial charge in [-0.3, -0.25) is 10.1 Å². The molecule has 0 spiro atoms. The number of rotatable bonds is 4. The average Bonchev–Trinajstić information content (AvgIpc) is 2.82. The Morgan fingerprint density at radius 3 is 2.45 bits per heavy atom. The van der Waals surface area contributed by atoms with Crippen molar-refractivity contribution in [3.8, 4) is 5.75 Å². The molecule has 110 valence electrons. The van der Waals surface area contributed by atoms with Crippen LogP contribution in [0.1, 0.15) is 31.2 Å². The summed E-state index contributed by atoms with van der Waals surface area (Å²) in [7, 11) is 1.26. The highest BCUT2D eigenvalue weighted by Gasteiger charge is 2.27. The van der Waals surface area contributed by atoms with Crippen molar-refractivity contribution in [2.24, 2.45) is 0 Å². The molecule has 1 aliphatic carbocycles. The first-order chi connectivity index (χ1) is 9.29. The fraction of sp³-hybridized carbons (Fsp3) is 0.500. The van der Waals surface area contributed by atoms with Gasteiger partial charge in [0.1, 0.15) is 10.6 Å². The summed E-state index contributed by atoms with van der Waals surface area (Å²) in [6.07, 6.45) is 3.68. The Morgan fingerprint density at radius 2 is 1.95 bits per heavy atom. The topological polar surface area (TPSA) is 86.5 Å². The zero-order chi connectivity index (χ0) is 14.9. The van der Waals surface area contributed by atoms with E-state index >= 15 is 0 Å². The molecule has 0 atom stereocenters. The quantitative estimate of drug-likeness (QED) is 0.483. The lowest BCUT2D eigenvalue weighted by molar-refractivity contribution is -0.385. The summed E-state index contributed by atoms with van der Waals surface area (Å²) < 4.78 is 28.9. The first-order valence-electron chi connectivity index (χ1n) is 6.19. The summed E-state index contributed by atoms with van der Waals surface area (Å²) in [5.74, 6) is 0.123. The number of non-ortho nitro benzene ring substituents is 1. The van der Waals surface area contributed by atoms with Crippen molar-refractivity contribution >= 4 is 25.4 Å². The molecule has 0 unspecified atom stereocenters. The molecule has 0 aromatic heterocycles. The monoisotopic (exact) mass is 319 g/mol. The Labute approximate surface area is 121 Å². The second-order valence-corrected chi connectivity index (χ2v) is 7.34. The van der Waals surface area contributed by atoms with Crippen LogP contribution in [0.5, 0.6) is 5.75 Å². The van der Waals surface area contributed by atoms with Gasteiger partial charge in [0, 0.05) is 22.8 Å². The number of halogens is 1. The molecule has 0 saturated heterocycles. The summed E-state index contributed by atoms with van der Waals surface area (Å²) in [5.41, 5.74) is 0.0748. The molecule has 0 amide bonds. The lowest BCUT2D eigenvalue weighted by Gasteiger charge is -2.17. The first kappa shape index (κ1) is 15.1. The van der Waals surface area contributed by atoms with Gasteiger partial charge in [0.15, 0.2) is 0 Å². The molecule has 1 aliphatic rings. The van der Waals surface area contributed by atoms with E-state index in [1.165, 1.54) is 6.07 Å². The molecule has 1 aromatic carbocycles. The van der Waals surface area contributed by atoms with Crippen LogP contribution in [0.25, 0.3) is 0 Å². The summed E-state index contributed by atoms with van der Waals surface area (Å²) >= 11 is 0. The van der Waals surface area contributed by atoms with Crippen LogP contribution in [-0.2, 0) is 9.05 Å². The van der Waals surface area contributed by atoms with E-state index in [9.17, 15) is 18.5 Å². The lowest BCUT2D eigenvalue weighted by atomic mass is 10.2. The zero-order valence-electron chi connectivity index (χ0n) is 10.8. The van der Waals surface area contributed by atoms with Crippen LogP contribution in [0, 0.1) is 17.0 Å². The standard InChI is InChI=1S/C12H14ClNO5S/c1-8-6-9(14(15)16)7-11(20(13,17)18)12(8)19-10-4-2-3-5-10/h6-7,10H,2-5H2,1H3. The first-order valence-corrected chi connectivity index (χ1v) is 8.50. The van der Waals surface area contributed by atoms with E-state index in [1.807, 2.05) is 0 Å². The Morgan fingerprint density at radius 1 is 1.35 bits per heavy atom. The third-order valence-electron chi connectivity index (χ3n) is 3.29. The Hall–Kier alpha value is -1.34. The highest BCUT2D eigenvalue weighted by atomic mass is 35.7. The van der Waals surface area contributed by atoms with Crippen LogP contribution < -0.4 is 4.74 Å². The Bertz CT molecular complexity index is 637. The van der Waals surface area contributed by atoms with Crippen LogP contribution >= 0.6 is 10.7 Å². The molecule has 1 aromatic rings. The third-order valence-corrected chi connectivity index (χ3v) is 4.61. The van der Waals surface area contributed by atoms with E-state index in [4.69, 9.17) is 15.4 Å². The van der Waals surface area contributed by atoms with Gasteiger partial charge < -0.3 is 4.74 Å². The predicted octanol–water partition coefficient (Wildman–Crippen LogP) is 3.15. The van der Waals surface area contributed by atoms with Gasteiger partial charge in [0.2, 0.25) is 0 Å². The molecule has 20 heavy (non-hydrogen) atoms. The second kappa shape index (κ2) is 5.57. The van der Waals surface area contributed by atoms with Crippen LogP contribution in [0.4, 0.5) is 5.69 Å². The predicted molar refractivity (Wildman–Crippen MR) is 73.8 cm³/mol. The van der Waals surface area contributed by atoms with Crippen molar-refractivity contribution in [3.05, 3.63) is 27.8 Å². The van der Waals surface area contributed by atoms with Gasteiger partial charge in [-0.15, -0.1) is 0 Å². The maximum atomic E-state index is 11.6. The minimum absolute atomic E-state index is 0.0627. The molecule has 1 fully saturated rings. The SMILES string of the molecule is Cc1cc([N+](=O)[O-])cc(S(=O)(=O)Cl)c1OC1CCCC1. The van der Waals surface area contributed by atoms with Gasteiger partial charge in [0.25, 0.3) is 14.7 Å². The minimum atomic E-state index is -4.11. The summed E-state index contributed by atoms with van der Waals surface area (Å²) in [4.78, 5) is 9.82. The number of aryl methyl sites for hydroxylation is 1. The summed E-state index contributed by atoms with van der Waals surface area (Å²) in [6.45, 7) is 1.57. The van der Waals surface area contributed by atoms with E-state index in [2.05, 4.69) is 0 Å². The van der Waals surface area contributed by atoms with E-state index in [1.54, 1.807) is 6.92 Å². The maximum Gasteiger partial charge on any atom is 0.271 e. The number of benzene rings is 1. The van der Waals surface area contributed by atoms with Crippen molar-refractivity contribution in [3.63, 3.8) is 0 Å². The van der Waals surface area contributed by atoms with Crippen LogP contribution in [0.2, 0.25) is 0 Å². The van der Waals surface area contributed by atoms with E-state index in [-0.39, 0.29) is 22.4 Å². The molecule has 0 bridgehead atoms. The fourth-order valence-corrected chi connectivity index (χ4v) is 3.37. The van der Waals surface area contributed by atoms with Crippen molar-refractivity contribution in [2.75, 3.05) is 0 Å². The molecule has 1 saturated carbocycles. The number of ether oxygens (including phenoxy) is 1. The molecular formula is C12H14ClNO5S. The molecule has 0 N–H and O–H groups in total. The normalized spacial score (nSPS) is 16.3. The molecule has 8 heteroatoms. The number of nitro benzene ring substituents is 1. The Balaban J connectivity index is 2.50. The highest BCUT2D eigenvalue weighted by molar-refractivity contribution is 8.13. The number of nitrogens with zero attached hydrogens (tertiary/aromatic N) is 1. The van der Waals surface area contributed by atoms with Gasteiger partial charge in [0.05, 0.1) is 11.0 Å². The molecule has 0 heterocycles. The minimum Gasteiger partial charge on any atom is -0.489 e. The fourth-order valence-electron chi connectivity index (χ4n) is 2.33. The summed E-state index contributed by atoms with van der Waals surface area (Å²) in [5, 5.41) is 10.8. The highest BCUT2D eigenvalue weighted by Crippen LogP contribution is 2.36. The molecular weight excluding hydrogens is 306 g/mol. The molecule has 0 aliphatic heterocycles. The summed E-state index contributed by atoms with van der Waals surface area (Å²) in [6, 6.07) is 2.23. The van der Waals surface area contributed by atoms with Crippen molar-refractivity contribution in [1.82, 2.24) is 0 Å². The zero-order valence-corrected chi connectivity index (χ0v) is 12.4. The van der Waals surface area contributed by atoms with Crippen molar-refractivity contribution in [2.45, 2.75) is 43.6 Å². The Kier molecular flexibility index (Phi) is 4.19. The van der Waals surface area contributed by atoms with E-state index in [0.29, 0.717) is 5.56 Å². The van der Waals surface area contributed by atoms with Gasteiger partial charge >= 0.3 is 0 Å². The second-order valence-electron chi connectivity index (χ2n) is 4.81. The number of hydrogen-bond acceptors (Lipinski definition) is 5. The largest absolute Gasteiger partial charge is 0.489 e. The van der Waals surface area contributed by atoms with Gasteiger partial charge in [-0.1, -0.05) is 0 Å². The van der Waals surface area contributed by atoms with E-state index < -0.39 is 14.0 Å². The van der Waals surface area contributed by atoms with Crippen LogP contribution in [-0.4, -0.2) is 19.4 Å². The van der Waals surface area contributed by atoms with Crippen LogP contribution in [0.3, 0.4) is 0 Å². The maximum absolute atomic E-state index is 11.6. The lowest BCUT2D eigenvalue weighted by Crippen LogP contribution is -2.14. The average molecular weight is 320 g/mol. The smallest absolute Gasteiger partial charge is 0.271 e. The van der Waals surface area contributed by atoms with Crippen molar-refractivity contribution in [1.29, 1.82) is 0 Å². The van der Waals surface area contributed by atoms with Crippen LogP contribution in [0.15, 0.2) is 17.0 Å². The molecule has 2 rings (SSSR count). The molecule has 6 nitrogen and oxygen atoms in total. The number of nitro groups is 1. The van der Waals surface area contributed by atoms with Gasteiger partial charge in [-0.05, 0) is 38.2 Å². The third kappa shape index (κ3) is 3.21. The van der Waals surface area contributed by atoms with Gasteiger partial charge in [-0.25, -0.2) is 8.42 Å².